The number of Topliss-reactive ketones (excluding diaryl/α,β-unsaturated/α-hetero) is 1. The molecule has 3 N–H and O–H groups in total. The van der Waals surface area contributed by atoms with Crippen LogP contribution in [-0.2, 0) is 20.8 Å². The van der Waals surface area contributed by atoms with Gasteiger partial charge in [-0.15, -0.1) is 0 Å². The topological polar surface area (TPSA) is 117 Å². The number of ketones is 1. The van der Waals surface area contributed by atoms with Crippen LogP contribution < -0.4 is 16.0 Å². The third-order valence-electron chi connectivity index (χ3n) is 5.34. The lowest BCUT2D eigenvalue weighted by Gasteiger charge is -2.21. The van der Waals surface area contributed by atoms with E-state index in [1.807, 2.05) is 20.8 Å². The smallest absolute Gasteiger partial charge is 0.230 e. The number of nitrogens with zero attached hydrogens (tertiary/aromatic N) is 1. The molecular formula is C28H38N4O4. The van der Waals surface area contributed by atoms with E-state index >= 15 is 0 Å². The summed E-state index contributed by atoms with van der Waals surface area (Å²) in [6, 6.07) is 8.27. The van der Waals surface area contributed by atoms with Gasteiger partial charge in [0.05, 0.1) is 11.9 Å². The van der Waals surface area contributed by atoms with Crippen LogP contribution >= 0.6 is 0 Å². The number of carbonyl (C=O) groups excluding carboxylic acids is 4. The van der Waals surface area contributed by atoms with Gasteiger partial charge < -0.3 is 16.0 Å². The predicted molar refractivity (Wildman–Crippen MR) is 143 cm³/mol. The van der Waals surface area contributed by atoms with Gasteiger partial charge in [0.2, 0.25) is 17.7 Å². The molecular weight excluding hydrogens is 456 g/mol. The number of anilines is 3. The largest absolute Gasteiger partial charge is 0.326 e. The first-order valence-corrected chi connectivity index (χ1v) is 11.9. The molecule has 0 aliphatic carbocycles. The zero-order valence-electron chi connectivity index (χ0n) is 22.8. The number of pyridine rings is 1. The summed E-state index contributed by atoms with van der Waals surface area (Å²) in [5.74, 6) is -0.446. The highest BCUT2D eigenvalue weighted by atomic mass is 16.2. The fourth-order valence-corrected chi connectivity index (χ4v) is 2.77. The summed E-state index contributed by atoms with van der Waals surface area (Å²) in [6.45, 7) is 16.2. The lowest BCUT2D eigenvalue weighted by atomic mass is 9.94. The molecule has 2 rings (SSSR count). The van der Waals surface area contributed by atoms with Crippen LogP contribution in [0.3, 0.4) is 0 Å². The first kappa shape index (κ1) is 28.7. The highest BCUT2D eigenvalue weighted by molar-refractivity contribution is 6.01. The number of amides is 3. The van der Waals surface area contributed by atoms with Gasteiger partial charge in [0.1, 0.15) is 5.82 Å². The summed E-state index contributed by atoms with van der Waals surface area (Å²) >= 11 is 0. The molecule has 1 aromatic heterocycles. The number of carbonyl (C=O) groups is 4. The van der Waals surface area contributed by atoms with Crippen molar-refractivity contribution < 1.29 is 19.2 Å². The van der Waals surface area contributed by atoms with Crippen molar-refractivity contribution in [3.8, 4) is 0 Å². The van der Waals surface area contributed by atoms with Gasteiger partial charge >= 0.3 is 0 Å². The number of benzene rings is 1. The van der Waals surface area contributed by atoms with Crippen LogP contribution in [0.4, 0.5) is 17.2 Å². The predicted octanol–water partition coefficient (Wildman–Crippen LogP) is 5.46. The SMILES string of the molecule is CC(C)(C)C(=O)Nc1ccc(C(=O)Cc2cc(NC(=O)C(C)(C)C)ncc2NC(=O)C(C)(C)C)cc1. The number of hydrogen-bond acceptors (Lipinski definition) is 5. The first-order chi connectivity index (χ1) is 16.4. The van der Waals surface area contributed by atoms with Crippen molar-refractivity contribution in [2.75, 3.05) is 16.0 Å². The fraction of sp³-hybridized carbons (Fsp3) is 0.464. The van der Waals surface area contributed by atoms with Gasteiger partial charge in [0.25, 0.3) is 0 Å². The van der Waals surface area contributed by atoms with E-state index in [1.54, 1.807) is 71.9 Å². The molecule has 1 heterocycles. The quantitative estimate of drug-likeness (QED) is 0.461. The highest BCUT2D eigenvalue weighted by Gasteiger charge is 2.25. The molecule has 1 aromatic carbocycles. The van der Waals surface area contributed by atoms with Gasteiger partial charge in [-0.3, -0.25) is 19.2 Å². The molecule has 0 unspecified atom stereocenters. The van der Waals surface area contributed by atoms with E-state index in [-0.39, 0.29) is 29.9 Å². The van der Waals surface area contributed by atoms with E-state index in [4.69, 9.17) is 0 Å². The molecule has 36 heavy (non-hydrogen) atoms. The lowest BCUT2D eigenvalue weighted by Crippen LogP contribution is -2.29. The Hall–Kier alpha value is -3.55. The molecule has 0 fully saturated rings. The monoisotopic (exact) mass is 494 g/mol. The van der Waals surface area contributed by atoms with Crippen molar-refractivity contribution in [2.24, 2.45) is 16.2 Å². The summed E-state index contributed by atoms with van der Waals surface area (Å²) in [4.78, 5) is 54.6. The molecule has 0 radical (unpaired) electrons. The van der Waals surface area contributed by atoms with Gasteiger partial charge in [-0.2, -0.15) is 0 Å². The minimum Gasteiger partial charge on any atom is -0.326 e. The van der Waals surface area contributed by atoms with E-state index < -0.39 is 16.2 Å². The second-order valence-corrected chi connectivity index (χ2v) is 12.0. The van der Waals surface area contributed by atoms with E-state index in [2.05, 4.69) is 20.9 Å². The Balaban J connectivity index is 2.31. The van der Waals surface area contributed by atoms with Crippen molar-refractivity contribution in [3.63, 3.8) is 0 Å². The average Bonchev–Trinajstić information content (AvgIpc) is 2.73. The minimum absolute atomic E-state index is 0.0195. The Morgan fingerprint density at radius 1 is 0.694 bits per heavy atom. The molecule has 0 bridgehead atoms. The minimum atomic E-state index is -0.645. The maximum absolute atomic E-state index is 13.1. The zero-order valence-corrected chi connectivity index (χ0v) is 22.8. The lowest BCUT2D eigenvalue weighted by molar-refractivity contribution is -0.123. The molecule has 8 heteroatoms. The zero-order chi connectivity index (χ0) is 27.5. The number of hydrogen-bond donors (Lipinski definition) is 3. The summed E-state index contributed by atoms with van der Waals surface area (Å²) < 4.78 is 0. The van der Waals surface area contributed by atoms with Crippen molar-refractivity contribution in [3.05, 3.63) is 47.7 Å². The third kappa shape index (κ3) is 8.00. The van der Waals surface area contributed by atoms with Crippen LogP contribution in [0, 0.1) is 16.2 Å². The van der Waals surface area contributed by atoms with Crippen LogP contribution in [-0.4, -0.2) is 28.5 Å². The van der Waals surface area contributed by atoms with E-state index in [9.17, 15) is 19.2 Å². The summed E-state index contributed by atoms with van der Waals surface area (Å²) in [6.07, 6.45) is 1.43. The van der Waals surface area contributed by atoms with Crippen molar-refractivity contribution in [2.45, 2.75) is 68.7 Å². The molecule has 8 nitrogen and oxygen atoms in total. The molecule has 3 amide bonds. The number of aromatic nitrogens is 1. The summed E-state index contributed by atoms with van der Waals surface area (Å²) in [5.41, 5.74) is 0.182. The van der Waals surface area contributed by atoms with Crippen LogP contribution in [0.1, 0.15) is 78.2 Å². The van der Waals surface area contributed by atoms with Crippen LogP contribution in [0.15, 0.2) is 36.5 Å². The van der Waals surface area contributed by atoms with Crippen molar-refractivity contribution in [1.82, 2.24) is 4.98 Å². The second-order valence-electron chi connectivity index (χ2n) is 12.0. The van der Waals surface area contributed by atoms with E-state index in [1.165, 1.54) is 6.20 Å². The summed E-state index contributed by atoms with van der Waals surface area (Å²) in [7, 11) is 0. The van der Waals surface area contributed by atoms with Crippen LogP contribution in [0.2, 0.25) is 0 Å². The fourth-order valence-electron chi connectivity index (χ4n) is 2.77. The van der Waals surface area contributed by atoms with E-state index in [0.29, 0.717) is 28.3 Å². The Labute approximate surface area is 213 Å². The molecule has 2 aromatic rings. The highest BCUT2D eigenvalue weighted by Crippen LogP contribution is 2.25. The first-order valence-electron chi connectivity index (χ1n) is 11.9. The normalized spacial score (nSPS) is 12.0. The second kappa shape index (κ2) is 10.6. The van der Waals surface area contributed by atoms with Gasteiger partial charge in [0.15, 0.2) is 5.78 Å². The van der Waals surface area contributed by atoms with Crippen molar-refractivity contribution in [1.29, 1.82) is 0 Å². The van der Waals surface area contributed by atoms with Crippen molar-refractivity contribution >= 4 is 40.7 Å². The summed E-state index contributed by atoms with van der Waals surface area (Å²) in [5, 5.41) is 8.45. The Bertz CT molecular complexity index is 1150. The number of rotatable bonds is 6. The Morgan fingerprint density at radius 3 is 1.67 bits per heavy atom. The number of nitrogens with one attached hydrogen (secondary N) is 3. The average molecular weight is 495 g/mol. The molecule has 0 aliphatic heterocycles. The van der Waals surface area contributed by atoms with Gasteiger partial charge in [-0.05, 0) is 35.9 Å². The van der Waals surface area contributed by atoms with Crippen LogP contribution in [0.5, 0.6) is 0 Å². The molecule has 0 saturated heterocycles. The standard InChI is InChI=1S/C28H38N4O4/c1-26(2,3)23(34)30-19-12-10-17(11-13-19)21(33)14-18-15-22(32-25(36)28(7,8)9)29-16-20(18)31-24(35)27(4,5)6/h10-13,15-16H,14H2,1-9H3,(H,30,34)(H,31,35)(H,29,32,36). The molecule has 194 valence electrons. The van der Waals surface area contributed by atoms with Gasteiger partial charge in [0, 0.05) is 33.9 Å². The molecule has 0 atom stereocenters. The molecule has 0 spiro atoms. The maximum Gasteiger partial charge on any atom is 0.230 e. The molecule has 0 aliphatic rings. The van der Waals surface area contributed by atoms with Gasteiger partial charge in [-0.25, -0.2) is 4.98 Å². The molecule has 0 saturated carbocycles. The van der Waals surface area contributed by atoms with E-state index in [0.717, 1.165) is 0 Å². The maximum atomic E-state index is 13.1. The third-order valence-corrected chi connectivity index (χ3v) is 5.34. The Morgan fingerprint density at radius 2 is 1.17 bits per heavy atom. The Kier molecular flexibility index (Phi) is 8.45. The van der Waals surface area contributed by atoms with Gasteiger partial charge in [-0.1, -0.05) is 62.3 Å². The van der Waals surface area contributed by atoms with Crippen LogP contribution in [0.25, 0.3) is 0 Å².